The highest BCUT2D eigenvalue weighted by molar-refractivity contribution is 7.91. The average molecular weight is 350 g/mol. The first kappa shape index (κ1) is 17.9. The number of nitrogens with zero attached hydrogens (tertiary/aromatic N) is 1. The number of hydrogen-bond acceptors (Lipinski definition) is 3. The molecule has 0 aliphatic carbocycles. The molecule has 1 atom stereocenters. The monoisotopic (exact) mass is 349 g/mol. The van der Waals surface area contributed by atoms with Gasteiger partial charge in [-0.05, 0) is 61.1 Å². The second-order valence-corrected chi connectivity index (χ2v) is 10.4. The second-order valence-electron chi connectivity index (χ2n) is 8.11. The molecule has 0 bridgehead atoms. The predicted molar refractivity (Wildman–Crippen MR) is 100 cm³/mol. The number of rotatable bonds is 5. The van der Waals surface area contributed by atoms with E-state index < -0.39 is 9.84 Å². The zero-order valence-corrected chi connectivity index (χ0v) is 15.9. The Bertz CT molecular complexity index is 622. The van der Waals surface area contributed by atoms with Gasteiger partial charge in [0, 0.05) is 13.1 Å². The van der Waals surface area contributed by atoms with E-state index in [0.717, 1.165) is 25.3 Å². The summed E-state index contributed by atoms with van der Waals surface area (Å²) in [7, 11) is -2.73. The summed E-state index contributed by atoms with van der Waals surface area (Å²) in [5.41, 5.74) is 2.87. The number of sulfone groups is 1. The van der Waals surface area contributed by atoms with Crippen molar-refractivity contribution in [2.75, 3.05) is 31.1 Å². The average Bonchev–Trinajstić information content (AvgIpc) is 2.97. The number of hydrogen-bond donors (Lipinski definition) is 0. The number of likely N-dealkylation sites (tertiary alicyclic amines) is 1. The van der Waals surface area contributed by atoms with Crippen LogP contribution in [0.2, 0.25) is 0 Å². The van der Waals surface area contributed by atoms with Gasteiger partial charge in [0.15, 0.2) is 0 Å². The molecule has 1 aromatic carbocycles. The lowest BCUT2D eigenvalue weighted by Gasteiger charge is -2.26. The van der Waals surface area contributed by atoms with Crippen molar-refractivity contribution in [1.82, 2.24) is 4.90 Å². The smallest absolute Gasteiger partial charge is 0.150 e. The highest BCUT2D eigenvalue weighted by atomic mass is 32.2. The van der Waals surface area contributed by atoms with Crippen molar-refractivity contribution in [3.8, 4) is 0 Å². The maximum absolute atomic E-state index is 11.5. The molecule has 2 aliphatic heterocycles. The van der Waals surface area contributed by atoms with Crippen LogP contribution in [-0.4, -0.2) is 44.5 Å². The fourth-order valence-electron chi connectivity index (χ4n) is 4.10. The van der Waals surface area contributed by atoms with E-state index in [0.29, 0.717) is 23.3 Å². The summed E-state index contributed by atoms with van der Waals surface area (Å²) >= 11 is 0. The van der Waals surface area contributed by atoms with Gasteiger partial charge in [0.2, 0.25) is 0 Å². The van der Waals surface area contributed by atoms with E-state index in [2.05, 4.69) is 43.0 Å². The van der Waals surface area contributed by atoms with Gasteiger partial charge in [-0.2, -0.15) is 0 Å². The number of benzene rings is 1. The molecule has 0 unspecified atom stereocenters. The van der Waals surface area contributed by atoms with Crippen LogP contribution >= 0.6 is 0 Å². The van der Waals surface area contributed by atoms with Crippen LogP contribution in [-0.2, 0) is 16.3 Å². The van der Waals surface area contributed by atoms with E-state index >= 15 is 0 Å². The van der Waals surface area contributed by atoms with Gasteiger partial charge < -0.3 is 4.90 Å². The fourth-order valence-corrected chi connectivity index (χ4v) is 5.69. The van der Waals surface area contributed by atoms with Crippen LogP contribution in [0.3, 0.4) is 0 Å². The molecule has 2 fully saturated rings. The van der Waals surface area contributed by atoms with E-state index in [9.17, 15) is 8.42 Å². The van der Waals surface area contributed by atoms with E-state index in [4.69, 9.17) is 0 Å². The minimum Gasteiger partial charge on any atom is -0.303 e. The summed E-state index contributed by atoms with van der Waals surface area (Å²) in [6, 6.07) is 9.14. The van der Waals surface area contributed by atoms with E-state index in [1.54, 1.807) is 0 Å². The first-order valence-corrected chi connectivity index (χ1v) is 11.2. The minimum absolute atomic E-state index is 0.400. The van der Waals surface area contributed by atoms with Crippen LogP contribution in [0.4, 0.5) is 0 Å². The molecule has 0 spiro atoms. The molecular formula is C20H31NO2S. The van der Waals surface area contributed by atoms with Crippen LogP contribution in [0.15, 0.2) is 24.3 Å². The largest absolute Gasteiger partial charge is 0.303 e. The molecule has 4 heteroatoms. The summed E-state index contributed by atoms with van der Waals surface area (Å²) in [5.74, 6) is 2.73. The Morgan fingerprint density at radius 3 is 2.33 bits per heavy atom. The molecule has 0 aromatic heterocycles. The highest BCUT2D eigenvalue weighted by Crippen LogP contribution is 2.26. The van der Waals surface area contributed by atoms with Gasteiger partial charge in [0.05, 0.1) is 11.5 Å². The van der Waals surface area contributed by atoms with Gasteiger partial charge >= 0.3 is 0 Å². The fraction of sp³-hybridized carbons (Fsp3) is 0.700. The molecule has 1 aromatic rings. The van der Waals surface area contributed by atoms with Gasteiger partial charge in [-0.15, -0.1) is 0 Å². The van der Waals surface area contributed by atoms with Crippen LogP contribution in [0.5, 0.6) is 0 Å². The van der Waals surface area contributed by atoms with E-state index in [1.165, 1.54) is 37.1 Å². The summed E-state index contributed by atoms with van der Waals surface area (Å²) in [5, 5.41) is 0. The maximum atomic E-state index is 11.5. The molecule has 3 rings (SSSR count). The molecule has 0 amide bonds. The third-order valence-electron chi connectivity index (χ3n) is 5.73. The Morgan fingerprint density at radius 1 is 1.04 bits per heavy atom. The Morgan fingerprint density at radius 2 is 1.71 bits per heavy atom. The lowest BCUT2D eigenvalue weighted by molar-refractivity contribution is 0.257. The van der Waals surface area contributed by atoms with E-state index in [-0.39, 0.29) is 0 Å². The predicted octanol–water partition coefficient (Wildman–Crippen LogP) is 3.50. The molecule has 3 nitrogen and oxygen atoms in total. The van der Waals surface area contributed by atoms with Gasteiger partial charge in [0.1, 0.15) is 9.84 Å². The summed E-state index contributed by atoms with van der Waals surface area (Å²) in [6.45, 7) is 7.92. The second kappa shape index (κ2) is 7.57. The van der Waals surface area contributed by atoms with Crippen LogP contribution in [0.1, 0.15) is 50.2 Å². The summed E-state index contributed by atoms with van der Waals surface area (Å²) < 4.78 is 23.1. The summed E-state index contributed by atoms with van der Waals surface area (Å²) in [6.07, 6.45) is 4.17. The molecule has 0 saturated carbocycles. The van der Waals surface area contributed by atoms with Crippen molar-refractivity contribution in [3.63, 3.8) is 0 Å². The molecule has 0 N–H and O–H groups in total. The Hall–Kier alpha value is -0.870. The van der Waals surface area contributed by atoms with E-state index in [1.807, 2.05) is 0 Å². The zero-order chi connectivity index (χ0) is 17.2. The van der Waals surface area contributed by atoms with Crippen LogP contribution in [0.25, 0.3) is 0 Å². The molecule has 2 saturated heterocycles. The van der Waals surface area contributed by atoms with Crippen molar-refractivity contribution in [2.45, 2.75) is 45.4 Å². The molecule has 0 radical (unpaired) electrons. The Kier molecular flexibility index (Phi) is 5.66. The lowest BCUT2D eigenvalue weighted by Crippen LogP contribution is -2.33. The summed E-state index contributed by atoms with van der Waals surface area (Å²) in [4.78, 5) is 2.57. The Balaban J connectivity index is 1.45. The van der Waals surface area contributed by atoms with Crippen molar-refractivity contribution < 1.29 is 8.42 Å². The standard InChI is InChI=1S/C20H31NO2S/c1-16(2)20-5-3-17(4-6-20)13-19-7-10-21(15-19)14-18-8-11-24(22,23)12-9-18/h3-6,16,18-19H,7-15H2,1-2H3/t19-/m1/s1. The van der Waals surface area contributed by atoms with Gasteiger partial charge in [-0.3, -0.25) is 0 Å². The molecule has 134 valence electrons. The van der Waals surface area contributed by atoms with Crippen LogP contribution in [0, 0.1) is 11.8 Å². The van der Waals surface area contributed by atoms with Crippen molar-refractivity contribution >= 4 is 9.84 Å². The van der Waals surface area contributed by atoms with Crippen LogP contribution < -0.4 is 0 Å². The van der Waals surface area contributed by atoms with Gasteiger partial charge in [-0.1, -0.05) is 38.1 Å². The van der Waals surface area contributed by atoms with Crippen molar-refractivity contribution in [3.05, 3.63) is 35.4 Å². The molecule has 2 aliphatic rings. The van der Waals surface area contributed by atoms with Crippen molar-refractivity contribution in [2.24, 2.45) is 11.8 Å². The third-order valence-corrected chi connectivity index (χ3v) is 7.45. The topological polar surface area (TPSA) is 37.4 Å². The lowest BCUT2D eigenvalue weighted by atomic mass is 9.95. The first-order chi connectivity index (χ1) is 11.4. The van der Waals surface area contributed by atoms with Gasteiger partial charge in [-0.25, -0.2) is 8.42 Å². The van der Waals surface area contributed by atoms with Gasteiger partial charge in [0.25, 0.3) is 0 Å². The molecular weight excluding hydrogens is 318 g/mol. The quantitative estimate of drug-likeness (QED) is 0.816. The SMILES string of the molecule is CC(C)c1ccc(C[C@H]2CCN(CC3CCS(=O)(=O)CC3)C2)cc1. The third kappa shape index (κ3) is 4.82. The minimum atomic E-state index is -2.73. The van der Waals surface area contributed by atoms with Crippen molar-refractivity contribution in [1.29, 1.82) is 0 Å². The Labute approximate surface area is 147 Å². The molecule has 24 heavy (non-hydrogen) atoms. The molecule has 2 heterocycles. The normalized spacial score (nSPS) is 25.4. The highest BCUT2D eigenvalue weighted by Gasteiger charge is 2.28. The maximum Gasteiger partial charge on any atom is 0.150 e. The zero-order valence-electron chi connectivity index (χ0n) is 15.1. The first-order valence-electron chi connectivity index (χ1n) is 9.43.